The predicted octanol–water partition coefficient (Wildman–Crippen LogP) is 0.540. The van der Waals surface area contributed by atoms with Crippen LogP contribution >= 0.6 is 0 Å². The molecule has 0 aliphatic carbocycles. The van der Waals surface area contributed by atoms with Crippen molar-refractivity contribution >= 4 is 5.91 Å². The van der Waals surface area contributed by atoms with Gasteiger partial charge in [-0.05, 0) is 25.9 Å². The maximum Gasteiger partial charge on any atom is 0.236 e. The number of rotatable bonds is 6. The second-order valence-corrected chi connectivity index (χ2v) is 4.41. The van der Waals surface area contributed by atoms with Gasteiger partial charge in [-0.15, -0.1) is 0 Å². The lowest BCUT2D eigenvalue weighted by molar-refractivity contribution is -0.133. The number of nitrogens with zero attached hydrogens (tertiary/aromatic N) is 2. The van der Waals surface area contributed by atoms with Crippen molar-refractivity contribution in [2.24, 2.45) is 0 Å². The summed E-state index contributed by atoms with van der Waals surface area (Å²) in [6.07, 6.45) is 2.24. The van der Waals surface area contributed by atoms with Crippen molar-refractivity contribution in [1.29, 1.82) is 0 Å². The van der Waals surface area contributed by atoms with Crippen LogP contribution in [0.1, 0.15) is 26.7 Å². The highest BCUT2D eigenvalue weighted by Gasteiger charge is 2.18. The minimum atomic E-state index is 0.295. The van der Waals surface area contributed by atoms with Crippen molar-refractivity contribution in [2.45, 2.75) is 26.7 Å². The first-order valence-electron chi connectivity index (χ1n) is 6.48. The van der Waals surface area contributed by atoms with Gasteiger partial charge in [0.1, 0.15) is 0 Å². The molecule has 1 aliphatic heterocycles. The lowest BCUT2D eigenvalue weighted by Gasteiger charge is -2.30. The molecule has 0 bridgehead atoms. The smallest absolute Gasteiger partial charge is 0.236 e. The van der Waals surface area contributed by atoms with E-state index in [0.717, 1.165) is 52.1 Å². The van der Waals surface area contributed by atoms with Crippen LogP contribution in [0.25, 0.3) is 0 Å². The first-order chi connectivity index (χ1) is 7.77. The van der Waals surface area contributed by atoms with E-state index in [2.05, 4.69) is 24.1 Å². The van der Waals surface area contributed by atoms with Crippen LogP contribution in [-0.4, -0.2) is 61.5 Å². The molecule has 1 saturated heterocycles. The van der Waals surface area contributed by atoms with E-state index in [1.807, 2.05) is 4.90 Å². The fourth-order valence-electron chi connectivity index (χ4n) is 2.11. The molecule has 1 fully saturated rings. The topological polar surface area (TPSA) is 35.6 Å². The molecule has 4 heteroatoms. The van der Waals surface area contributed by atoms with Gasteiger partial charge in [0.25, 0.3) is 0 Å². The molecule has 1 N–H and O–H groups in total. The third-order valence-electron chi connectivity index (χ3n) is 2.91. The molecule has 0 aromatic heterocycles. The van der Waals surface area contributed by atoms with Gasteiger partial charge in [-0.2, -0.15) is 0 Å². The van der Waals surface area contributed by atoms with Gasteiger partial charge < -0.3 is 10.2 Å². The van der Waals surface area contributed by atoms with Gasteiger partial charge in [0.2, 0.25) is 5.91 Å². The van der Waals surface area contributed by atoms with Crippen LogP contribution in [0.15, 0.2) is 0 Å². The highest BCUT2D eigenvalue weighted by Crippen LogP contribution is 1.99. The van der Waals surface area contributed by atoms with E-state index in [9.17, 15) is 4.79 Å². The van der Waals surface area contributed by atoms with Crippen LogP contribution in [0.4, 0.5) is 0 Å². The minimum Gasteiger partial charge on any atom is -0.339 e. The molecule has 1 heterocycles. The van der Waals surface area contributed by atoms with Crippen molar-refractivity contribution in [2.75, 3.05) is 45.8 Å². The largest absolute Gasteiger partial charge is 0.339 e. The lowest BCUT2D eigenvalue weighted by atomic mass is 10.3. The zero-order valence-electron chi connectivity index (χ0n) is 10.7. The van der Waals surface area contributed by atoms with Crippen LogP contribution in [0.2, 0.25) is 0 Å². The molecule has 94 valence electrons. The van der Waals surface area contributed by atoms with Gasteiger partial charge in [-0.25, -0.2) is 0 Å². The second-order valence-electron chi connectivity index (χ2n) is 4.41. The summed E-state index contributed by atoms with van der Waals surface area (Å²) in [6.45, 7) is 10.6. The maximum atomic E-state index is 12.0. The molecule has 0 aromatic rings. The molecule has 1 amide bonds. The maximum absolute atomic E-state index is 12.0. The Morgan fingerprint density at radius 3 is 2.25 bits per heavy atom. The van der Waals surface area contributed by atoms with Gasteiger partial charge in [-0.3, -0.25) is 9.69 Å². The summed E-state index contributed by atoms with van der Waals surface area (Å²) in [5.74, 6) is 0.295. The number of hydrogen-bond donors (Lipinski definition) is 1. The zero-order valence-corrected chi connectivity index (χ0v) is 10.7. The summed E-state index contributed by atoms with van der Waals surface area (Å²) in [5, 5.41) is 3.27. The molecule has 0 unspecified atom stereocenters. The number of nitrogens with one attached hydrogen (secondary N) is 1. The summed E-state index contributed by atoms with van der Waals surface area (Å²) in [6, 6.07) is 0. The van der Waals surface area contributed by atoms with E-state index in [0.29, 0.717) is 12.5 Å². The summed E-state index contributed by atoms with van der Waals surface area (Å²) in [5.41, 5.74) is 0. The Morgan fingerprint density at radius 2 is 1.75 bits per heavy atom. The summed E-state index contributed by atoms with van der Waals surface area (Å²) < 4.78 is 0. The quantitative estimate of drug-likeness (QED) is 0.719. The van der Waals surface area contributed by atoms with Gasteiger partial charge in [-0.1, -0.05) is 13.8 Å². The standard InChI is InChI=1S/C12H25N3O/c1-3-7-14(8-4-2)11-12(16)15-9-5-13-6-10-15/h13H,3-11H2,1-2H3. The Balaban J connectivity index is 2.33. The normalized spacial score (nSPS) is 16.8. The van der Waals surface area contributed by atoms with Crippen molar-refractivity contribution in [3.63, 3.8) is 0 Å². The van der Waals surface area contributed by atoms with E-state index in [1.165, 1.54) is 0 Å². The first kappa shape index (κ1) is 13.5. The van der Waals surface area contributed by atoms with E-state index >= 15 is 0 Å². The summed E-state index contributed by atoms with van der Waals surface area (Å²) in [7, 11) is 0. The van der Waals surface area contributed by atoms with Crippen LogP contribution in [-0.2, 0) is 4.79 Å². The van der Waals surface area contributed by atoms with Crippen molar-refractivity contribution in [3.05, 3.63) is 0 Å². The van der Waals surface area contributed by atoms with Crippen molar-refractivity contribution in [3.8, 4) is 0 Å². The Kier molecular flexibility index (Phi) is 6.42. The SMILES string of the molecule is CCCN(CCC)CC(=O)N1CCNCC1. The number of carbonyl (C=O) groups excluding carboxylic acids is 1. The van der Waals surface area contributed by atoms with E-state index in [1.54, 1.807) is 0 Å². The number of carbonyl (C=O) groups is 1. The van der Waals surface area contributed by atoms with Crippen LogP contribution in [0.5, 0.6) is 0 Å². The number of hydrogen-bond acceptors (Lipinski definition) is 3. The third-order valence-corrected chi connectivity index (χ3v) is 2.91. The fourth-order valence-corrected chi connectivity index (χ4v) is 2.11. The molecule has 0 aromatic carbocycles. The van der Waals surface area contributed by atoms with Gasteiger partial charge in [0.05, 0.1) is 6.54 Å². The minimum absolute atomic E-state index is 0.295. The van der Waals surface area contributed by atoms with E-state index in [4.69, 9.17) is 0 Å². The van der Waals surface area contributed by atoms with Gasteiger partial charge in [0.15, 0.2) is 0 Å². The Bertz CT molecular complexity index is 196. The molecular formula is C12H25N3O. The second kappa shape index (κ2) is 7.63. The molecule has 4 nitrogen and oxygen atoms in total. The zero-order chi connectivity index (χ0) is 11.8. The number of amides is 1. The average Bonchev–Trinajstić information content (AvgIpc) is 2.31. The fraction of sp³-hybridized carbons (Fsp3) is 0.917. The molecule has 0 saturated carbocycles. The van der Waals surface area contributed by atoms with Crippen LogP contribution in [0, 0.1) is 0 Å². The Labute approximate surface area is 99.0 Å². The molecule has 16 heavy (non-hydrogen) atoms. The first-order valence-corrected chi connectivity index (χ1v) is 6.48. The predicted molar refractivity (Wildman–Crippen MR) is 66.5 cm³/mol. The van der Waals surface area contributed by atoms with E-state index in [-0.39, 0.29) is 0 Å². The Morgan fingerprint density at radius 1 is 1.19 bits per heavy atom. The van der Waals surface area contributed by atoms with Gasteiger partial charge in [0, 0.05) is 26.2 Å². The third kappa shape index (κ3) is 4.49. The average molecular weight is 227 g/mol. The highest BCUT2D eigenvalue weighted by atomic mass is 16.2. The lowest BCUT2D eigenvalue weighted by Crippen LogP contribution is -2.49. The van der Waals surface area contributed by atoms with Crippen molar-refractivity contribution < 1.29 is 4.79 Å². The number of piperazine rings is 1. The van der Waals surface area contributed by atoms with E-state index < -0.39 is 0 Å². The van der Waals surface area contributed by atoms with Crippen LogP contribution in [0.3, 0.4) is 0 Å². The molecule has 0 spiro atoms. The highest BCUT2D eigenvalue weighted by molar-refractivity contribution is 5.78. The molecule has 0 radical (unpaired) electrons. The molecule has 1 aliphatic rings. The monoisotopic (exact) mass is 227 g/mol. The summed E-state index contributed by atoms with van der Waals surface area (Å²) >= 11 is 0. The van der Waals surface area contributed by atoms with Gasteiger partial charge >= 0.3 is 0 Å². The van der Waals surface area contributed by atoms with Crippen molar-refractivity contribution in [1.82, 2.24) is 15.1 Å². The molecular weight excluding hydrogens is 202 g/mol. The Hall–Kier alpha value is -0.610. The molecule has 0 atom stereocenters. The molecule has 1 rings (SSSR count). The summed E-state index contributed by atoms with van der Waals surface area (Å²) in [4.78, 5) is 16.3. The van der Waals surface area contributed by atoms with Crippen LogP contribution < -0.4 is 5.32 Å².